The molecule has 0 unspecified atom stereocenters. The van der Waals surface area contributed by atoms with Gasteiger partial charge in [0.15, 0.2) is 6.61 Å². The normalized spacial score (nSPS) is 10.8. The number of aromatic nitrogens is 1. The lowest BCUT2D eigenvalue weighted by atomic mass is 10.1. The summed E-state index contributed by atoms with van der Waals surface area (Å²) in [4.78, 5) is 17.2. The molecule has 5 heteroatoms. The van der Waals surface area contributed by atoms with E-state index in [2.05, 4.69) is 35.8 Å². The quantitative estimate of drug-likeness (QED) is 0.360. The summed E-state index contributed by atoms with van der Waals surface area (Å²) in [6.45, 7) is 8.10. The number of hydrogen-bond acceptors (Lipinski definition) is 4. The summed E-state index contributed by atoms with van der Waals surface area (Å²) in [6.07, 6.45) is 0. The SMILES string of the molecule is Cc1ccccc1-c1nc(-c2ccc(NC(=O)COc3c(C)ccc(C)c3C)cc2)cs1. The number of carbonyl (C=O) groups excluding carboxylic acids is 1. The van der Waals surface area contributed by atoms with Crippen molar-refractivity contribution in [2.45, 2.75) is 27.7 Å². The number of carbonyl (C=O) groups is 1. The highest BCUT2D eigenvalue weighted by molar-refractivity contribution is 7.13. The van der Waals surface area contributed by atoms with Gasteiger partial charge in [-0.3, -0.25) is 4.79 Å². The average molecular weight is 443 g/mol. The van der Waals surface area contributed by atoms with Gasteiger partial charge >= 0.3 is 0 Å². The van der Waals surface area contributed by atoms with Crippen molar-refractivity contribution in [2.75, 3.05) is 11.9 Å². The van der Waals surface area contributed by atoms with Crippen LogP contribution in [0.25, 0.3) is 21.8 Å². The molecule has 0 aliphatic carbocycles. The molecule has 4 nitrogen and oxygen atoms in total. The van der Waals surface area contributed by atoms with Crippen LogP contribution in [0, 0.1) is 27.7 Å². The average Bonchev–Trinajstić information content (AvgIpc) is 3.27. The number of thiazole rings is 1. The molecule has 0 saturated carbocycles. The van der Waals surface area contributed by atoms with Gasteiger partial charge in [0.25, 0.3) is 5.91 Å². The lowest BCUT2D eigenvalue weighted by Gasteiger charge is -2.14. The zero-order chi connectivity index (χ0) is 22.7. The van der Waals surface area contributed by atoms with E-state index in [-0.39, 0.29) is 12.5 Å². The number of aryl methyl sites for hydroxylation is 3. The van der Waals surface area contributed by atoms with Crippen molar-refractivity contribution in [3.63, 3.8) is 0 Å². The fourth-order valence-corrected chi connectivity index (χ4v) is 4.47. The summed E-state index contributed by atoms with van der Waals surface area (Å²) in [5, 5.41) is 5.98. The van der Waals surface area contributed by atoms with E-state index in [0.29, 0.717) is 0 Å². The summed E-state index contributed by atoms with van der Waals surface area (Å²) in [6, 6.07) is 20.1. The van der Waals surface area contributed by atoms with Crippen LogP contribution in [-0.4, -0.2) is 17.5 Å². The molecule has 0 saturated heterocycles. The molecule has 0 bridgehead atoms. The first-order valence-electron chi connectivity index (χ1n) is 10.5. The Morgan fingerprint density at radius 1 is 0.906 bits per heavy atom. The Morgan fingerprint density at radius 2 is 1.62 bits per heavy atom. The van der Waals surface area contributed by atoms with Gasteiger partial charge < -0.3 is 10.1 Å². The van der Waals surface area contributed by atoms with Crippen LogP contribution in [0.2, 0.25) is 0 Å². The zero-order valence-corrected chi connectivity index (χ0v) is 19.5. The molecule has 1 heterocycles. The van der Waals surface area contributed by atoms with E-state index in [1.165, 1.54) is 5.56 Å². The van der Waals surface area contributed by atoms with Crippen LogP contribution >= 0.6 is 11.3 Å². The third-order valence-corrected chi connectivity index (χ3v) is 6.44. The second-order valence-corrected chi connectivity index (χ2v) is 8.78. The number of amides is 1. The summed E-state index contributed by atoms with van der Waals surface area (Å²) >= 11 is 1.64. The Balaban J connectivity index is 1.40. The van der Waals surface area contributed by atoms with E-state index in [0.717, 1.165) is 50.0 Å². The van der Waals surface area contributed by atoms with Crippen LogP contribution in [-0.2, 0) is 4.79 Å². The zero-order valence-electron chi connectivity index (χ0n) is 18.7. The predicted octanol–water partition coefficient (Wildman–Crippen LogP) is 6.73. The maximum absolute atomic E-state index is 12.4. The fourth-order valence-electron chi connectivity index (χ4n) is 3.55. The lowest BCUT2D eigenvalue weighted by molar-refractivity contribution is -0.118. The number of rotatable bonds is 6. The van der Waals surface area contributed by atoms with Gasteiger partial charge in [-0.05, 0) is 62.1 Å². The molecule has 0 fully saturated rings. The minimum atomic E-state index is -0.187. The molecule has 0 atom stereocenters. The molecule has 3 aromatic carbocycles. The van der Waals surface area contributed by atoms with Gasteiger partial charge in [-0.1, -0.05) is 48.5 Å². The Morgan fingerprint density at radius 3 is 2.38 bits per heavy atom. The lowest BCUT2D eigenvalue weighted by Crippen LogP contribution is -2.20. The number of benzene rings is 3. The minimum absolute atomic E-state index is 0.0290. The van der Waals surface area contributed by atoms with Crippen LogP contribution in [0.1, 0.15) is 22.3 Å². The molecule has 4 rings (SSSR count). The summed E-state index contributed by atoms with van der Waals surface area (Å²) < 4.78 is 5.81. The van der Waals surface area contributed by atoms with Gasteiger partial charge in [-0.15, -0.1) is 11.3 Å². The molecule has 0 radical (unpaired) electrons. The fraction of sp³-hybridized carbons (Fsp3) is 0.185. The molecule has 0 spiro atoms. The number of hydrogen-bond donors (Lipinski definition) is 1. The van der Waals surface area contributed by atoms with E-state index < -0.39 is 0 Å². The van der Waals surface area contributed by atoms with Crippen LogP contribution < -0.4 is 10.1 Å². The van der Waals surface area contributed by atoms with Gasteiger partial charge in [0.1, 0.15) is 10.8 Å². The number of ether oxygens (including phenoxy) is 1. The molecular formula is C27H26N2O2S. The Hall–Kier alpha value is -3.44. The Bertz CT molecular complexity index is 1260. The van der Waals surface area contributed by atoms with Crippen LogP contribution in [0.15, 0.2) is 66.0 Å². The van der Waals surface area contributed by atoms with Crippen molar-refractivity contribution < 1.29 is 9.53 Å². The first-order valence-corrected chi connectivity index (χ1v) is 11.4. The molecule has 0 aliphatic heterocycles. The molecule has 1 N–H and O–H groups in total. The second-order valence-electron chi connectivity index (χ2n) is 7.92. The maximum Gasteiger partial charge on any atom is 0.262 e. The van der Waals surface area contributed by atoms with E-state index in [9.17, 15) is 4.79 Å². The van der Waals surface area contributed by atoms with Crippen LogP contribution in [0.5, 0.6) is 5.75 Å². The first-order chi connectivity index (χ1) is 15.4. The molecule has 0 aliphatic rings. The van der Waals surface area contributed by atoms with Gasteiger partial charge in [0, 0.05) is 22.2 Å². The van der Waals surface area contributed by atoms with Gasteiger partial charge in [0.05, 0.1) is 5.69 Å². The minimum Gasteiger partial charge on any atom is -0.483 e. The van der Waals surface area contributed by atoms with Gasteiger partial charge in [-0.25, -0.2) is 4.98 Å². The summed E-state index contributed by atoms with van der Waals surface area (Å²) in [5.74, 6) is 0.594. The summed E-state index contributed by atoms with van der Waals surface area (Å²) in [7, 11) is 0. The first kappa shape index (κ1) is 21.8. The Kier molecular flexibility index (Phi) is 6.37. The summed E-state index contributed by atoms with van der Waals surface area (Å²) in [5.41, 5.74) is 8.29. The molecule has 4 aromatic rings. The molecular weight excluding hydrogens is 416 g/mol. The van der Waals surface area contributed by atoms with Crippen molar-refractivity contribution in [2.24, 2.45) is 0 Å². The number of anilines is 1. The van der Waals surface area contributed by atoms with Crippen LogP contribution in [0.4, 0.5) is 5.69 Å². The van der Waals surface area contributed by atoms with Gasteiger partial charge in [-0.2, -0.15) is 0 Å². The maximum atomic E-state index is 12.4. The van der Waals surface area contributed by atoms with Crippen molar-refractivity contribution in [3.05, 3.63) is 88.3 Å². The largest absolute Gasteiger partial charge is 0.483 e. The molecule has 162 valence electrons. The van der Waals surface area contributed by atoms with Crippen molar-refractivity contribution >= 4 is 22.9 Å². The van der Waals surface area contributed by atoms with Crippen molar-refractivity contribution in [3.8, 4) is 27.6 Å². The smallest absolute Gasteiger partial charge is 0.262 e. The van der Waals surface area contributed by atoms with Crippen molar-refractivity contribution in [1.29, 1.82) is 0 Å². The highest BCUT2D eigenvalue weighted by Crippen LogP contribution is 2.31. The third-order valence-electron chi connectivity index (χ3n) is 5.57. The monoisotopic (exact) mass is 442 g/mol. The second kappa shape index (κ2) is 9.37. The predicted molar refractivity (Wildman–Crippen MR) is 133 cm³/mol. The standard InChI is InChI=1S/C27H26N2O2S/c1-17-9-10-19(3)26(20(17)4)31-15-25(30)28-22-13-11-21(12-14-22)24-16-32-27(29-24)23-8-6-5-7-18(23)2/h5-14,16H,15H2,1-4H3,(H,28,30). The Labute approximate surface area is 192 Å². The van der Waals surface area contributed by atoms with E-state index in [1.807, 2.05) is 63.2 Å². The topological polar surface area (TPSA) is 51.2 Å². The van der Waals surface area contributed by atoms with E-state index in [4.69, 9.17) is 9.72 Å². The van der Waals surface area contributed by atoms with Crippen molar-refractivity contribution in [1.82, 2.24) is 4.98 Å². The highest BCUT2D eigenvalue weighted by atomic mass is 32.1. The van der Waals surface area contributed by atoms with Crippen LogP contribution in [0.3, 0.4) is 0 Å². The molecule has 1 aromatic heterocycles. The van der Waals surface area contributed by atoms with E-state index in [1.54, 1.807) is 11.3 Å². The molecule has 1 amide bonds. The number of nitrogens with one attached hydrogen (secondary N) is 1. The molecule has 32 heavy (non-hydrogen) atoms. The number of nitrogens with zero attached hydrogens (tertiary/aromatic N) is 1. The van der Waals surface area contributed by atoms with Gasteiger partial charge in [0.2, 0.25) is 0 Å². The highest BCUT2D eigenvalue weighted by Gasteiger charge is 2.11. The van der Waals surface area contributed by atoms with E-state index >= 15 is 0 Å². The third kappa shape index (κ3) is 4.73.